The van der Waals surface area contributed by atoms with Crippen molar-refractivity contribution < 1.29 is 13.2 Å². The van der Waals surface area contributed by atoms with Crippen LogP contribution in [0, 0.1) is 0 Å². The van der Waals surface area contributed by atoms with E-state index in [-0.39, 0.29) is 24.9 Å². The molecule has 0 aliphatic carbocycles. The Morgan fingerprint density at radius 3 is 2.55 bits per heavy atom. The van der Waals surface area contributed by atoms with Gasteiger partial charge in [0.15, 0.2) is 0 Å². The number of benzene rings is 1. The number of nitrogens with one attached hydrogen (secondary N) is 1. The maximum atomic E-state index is 11.8. The Kier molecular flexibility index (Phi) is 5.98. The Bertz CT molecular complexity index is 573. The van der Waals surface area contributed by atoms with Crippen LogP contribution in [0.4, 0.5) is 5.69 Å². The van der Waals surface area contributed by atoms with Crippen LogP contribution < -0.4 is 5.32 Å². The minimum atomic E-state index is -3.31. The van der Waals surface area contributed by atoms with Gasteiger partial charge < -0.3 is 5.32 Å². The number of anilines is 1. The number of amides is 1. The van der Waals surface area contributed by atoms with E-state index in [1.165, 1.54) is 4.31 Å². The molecular weight excluding hydrogens is 300 g/mol. The zero-order valence-electron chi connectivity index (χ0n) is 11.8. The van der Waals surface area contributed by atoms with Gasteiger partial charge in [-0.2, -0.15) is 4.31 Å². The van der Waals surface area contributed by atoms with Gasteiger partial charge in [-0.25, -0.2) is 8.42 Å². The summed E-state index contributed by atoms with van der Waals surface area (Å²) in [5, 5.41) is 3.21. The molecule has 0 aliphatic heterocycles. The van der Waals surface area contributed by atoms with E-state index < -0.39 is 10.0 Å². The summed E-state index contributed by atoms with van der Waals surface area (Å²) in [6, 6.07) is 6.62. The van der Waals surface area contributed by atoms with E-state index in [2.05, 4.69) is 5.32 Å². The van der Waals surface area contributed by atoms with E-state index >= 15 is 0 Å². The molecule has 1 aromatic rings. The van der Waals surface area contributed by atoms with Gasteiger partial charge in [-0.3, -0.25) is 4.79 Å². The van der Waals surface area contributed by atoms with Gasteiger partial charge in [-0.1, -0.05) is 17.7 Å². The van der Waals surface area contributed by atoms with Crippen molar-refractivity contribution >= 4 is 33.2 Å². The number of hydrogen-bond acceptors (Lipinski definition) is 3. The highest BCUT2D eigenvalue weighted by Crippen LogP contribution is 2.15. The highest BCUT2D eigenvalue weighted by molar-refractivity contribution is 7.88. The highest BCUT2D eigenvalue weighted by Gasteiger charge is 2.20. The third kappa shape index (κ3) is 5.48. The van der Waals surface area contributed by atoms with Gasteiger partial charge in [0.1, 0.15) is 0 Å². The van der Waals surface area contributed by atoms with Crippen LogP contribution in [-0.2, 0) is 14.8 Å². The topological polar surface area (TPSA) is 66.5 Å². The lowest BCUT2D eigenvalue weighted by atomic mass is 10.3. The standard InChI is InChI=1S/C13H19ClN2O3S/c1-10(2)16(20(3,18)19)8-7-13(17)15-12-6-4-5-11(14)9-12/h4-6,9-10H,7-8H2,1-3H3,(H,15,17). The molecule has 0 aliphatic rings. The summed E-state index contributed by atoms with van der Waals surface area (Å²) in [6.45, 7) is 3.70. The molecule has 1 rings (SSSR count). The first-order valence-electron chi connectivity index (χ1n) is 6.22. The van der Waals surface area contributed by atoms with Crippen molar-refractivity contribution in [2.24, 2.45) is 0 Å². The second-order valence-electron chi connectivity index (χ2n) is 4.78. The fraction of sp³-hybridized carbons (Fsp3) is 0.462. The zero-order chi connectivity index (χ0) is 15.3. The summed E-state index contributed by atoms with van der Waals surface area (Å²) in [4.78, 5) is 11.8. The van der Waals surface area contributed by atoms with Gasteiger partial charge in [0.25, 0.3) is 0 Å². The van der Waals surface area contributed by atoms with Crippen molar-refractivity contribution in [1.29, 1.82) is 0 Å². The molecular formula is C13H19ClN2O3S. The van der Waals surface area contributed by atoms with Crippen LogP contribution in [0.3, 0.4) is 0 Å². The normalized spacial score (nSPS) is 11.9. The summed E-state index contributed by atoms with van der Waals surface area (Å²) >= 11 is 5.82. The number of halogens is 1. The fourth-order valence-electron chi connectivity index (χ4n) is 1.81. The van der Waals surface area contributed by atoms with Gasteiger partial charge in [-0.15, -0.1) is 0 Å². The largest absolute Gasteiger partial charge is 0.326 e. The van der Waals surface area contributed by atoms with Crippen molar-refractivity contribution in [3.8, 4) is 0 Å². The number of carbonyl (C=O) groups excluding carboxylic acids is 1. The summed E-state index contributed by atoms with van der Waals surface area (Å²) < 4.78 is 24.4. The van der Waals surface area contributed by atoms with Crippen molar-refractivity contribution in [2.45, 2.75) is 26.3 Å². The van der Waals surface area contributed by atoms with Crippen LogP contribution in [0.15, 0.2) is 24.3 Å². The number of carbonyl (C=O) groups is 1. The van der Waals surface area contributed by atoms with E-state index in [1.807, 2.05) is 0 Å². The zero-order valence-corrected chi connectivity index (χ0v) is 13.3. The van der Waals surface area contributed by atoms with Crippen molar-refractivity contribution in [3.05, 3.63) is 29.3 Å². The van der Waals surface area contributed by atoms with Gasteiger partial charge in [-0.05, 0) is 32.0 Å². The van der Waals surface area contributed by atoms with Crippen LogP contribution in [-0.4, -0.2) is 37.5 Å². The minimum Gasteiger partial charge on any atom is -0.326 e. The third-order valence-electron chi connectivity index (χ3n) is 2.67. The molecule has 0 spiro atoms. The number of rotatable bonds is 6. The Morgan fingerprint density at radius 1 is 1.40 bits per heavy atom. The molecule has 0 atom stereocenters. The molecule has 0 saturated carbocycles. The average molecular weight is 319 g/mol. The fourth-order valence-corrected chi connectivity index (χ4v) is 3.19. The first kappa shape index (κ1) is 16.9. The lowest BCUT2D eigenvalue weighted by Gasteiger charge is -2.23. The first-order valence-corrected chi connectivity index (χ1v) is 8.45. The molecule has 1 N–H and O–H groups in total. The maximum absolute atomic E-state index is 11.8. The van der Waals surface area contributed by atoms with Crippen LogP contribution >= 0.6 is 11.6 Å². The molecule has 1 aromatic carbocycles. The lowest BCUT2D eigenvalue weighted by Crippen LogP contribution is -2.38. The molecule has 0 saturated heterocycles. The molecule has 112 valence electrons. The first-order chi connectivity index (χ1) is 9.20. The quantitative estimate of drug-likeness (QED) is 0.875. The van der Waals surface area contributed by atoms with Crippen LogP contribution in [0.5, 0.6) is 0 Å². The Morgan fingerprint density at radius 2 is 2.05 bits per heavy atom. The average Bonchev–Trinajstić information content (AvgIpc) is 2.26. The summed E-state index contributed by atoms with van der Waals surface area (Å²) in [5.41, 5.74) is 0.595. The molecule has 7 heteroatoms. The predicted octanol–water partition coefficient (Wildman–Crippen LogP) is 2.34. The second kappa shape index (κ2) is 7.06. The van der Waals surface area contributed by atoms with Gasteiger partial charge in [0.05, 0.1) is 6.26 Å². The van der Waals surface area contributed by atoms with Crippen LogP contribution in [0.25, 0.3) is 0 Å². The molecule has 5 nitrogen and oxygen atoms in total. The monoisotopic (exact) mass is 318 g/mol. The van der Waals surface area contributed by atoms with E-state index in [1.54, 1.807) is 38.1 Å². The van der Waals surface area contributed by atoms with Gasteiger partial charge in [0, 0.05) is 29.7 Å². The highest BCUT2D eigenvalue weighted by atomic mass is 35.5. The predicted molar refractivity (Wildman–Crippen MR) is 81.4 cm³/mol. The van der Waals surface area contributed by atoms with Gasteiger partial charge in [0.2, 0.25) is 15.9 Å². The summed E-state index contributed by atoms with van der Waals surface area (Å²) in [6.07, 6.45) is 1.24. The number of hydrogen-bond donors (Lipinski definition) is 1. The SMILES string of the molecule is CC(C)N(CCC(=O)Nc1cccc(Cl)c1)S(C)(=O)=O. The molecule has 0 radical (unpaired) electrons. The van der Waals surface area contributed by atoms with Gasteiger partial charge >= 0.3 is 0 Å². The van der Waals surface area contributed by atoms with Crippen molar-refractivity contribution in [2.75, 3.05) is 18.1 Å². The maximum Gasteiger partial charge on any atom is 0.225 e. The summed E-state index contributed by atoms with van der Waals surface area (Å²) in [5.74, 6) is -0.249. The molecule has 0 heterocycles. The molecule has 0 fully saturated rings. The van der Waals surface area contributed by atoms with E-state index in [0.717, 1.165) is 6.26 Å². The molecule has 0 bridgehead atoms. The Balaban J connectivity index is 2.59. The van der Waals surface area contributed by atoms with Crippen molar-refractivity contribution in [1.82, 2.24) is 4.31 Å². The van der Waals surface area contributed by atoms with E-state index in [9.17, 15) is 13.2 Å². The molecule has 1 amide bonds. The van der Waals surface area contributed by atoms with Crippen LogP contribution in [0.1, 0.15) is 20.3 Å². The summed E-state index contributed by atoms with van der Waals surface area (Å²) in [7, 11) is -3.31. The molecule has 0 aromatic heterocycles. The van der Waals surface area contributed by atoms with E-state index in [0.29, 0.717) is 10.7 Å². The molecule has 0 unspecified atom stereocenters. The Hall–Kier alpha value is -1.11. The lowest BCUT2D eigenvalue weighted by molar-refractivity contribution is -0.116. The number of sulfonamides is 1. The second-order valence-corrected chi connectivity index (χ2v) is 7.15. The third-order valence-corrected chi connectivity index (χ3v) is 4.36. The van der Waals surface area contributed by atoms with Crippen molar-refractivity contribution in [3.63, 3.8) is 0 Å². The van der Waals surface area contributed by atoms with E-state index in [4.69, 9.17) is 11.6 Å². The Labute approximate surface area is 125 Å². The molecule has 20 heavy (non-hydrogen) atoms. The minimum absolute atomic E-state index is 0.0950. The smallest absolute Gasteiger partial charge is 0.225 e. The van der Waals surface area contributed by atoms with Crippen LogP contribution in [0.2, 0.25) is 5.02 Å². The number of nitrogens with zero attached hydrogens (tertiary/aromatic N) is 1.